The maximum Gasteiger partial charge on any atom is 0.0982 e. The highest BCUT2D eigenvalue weighted by atomic mass is 16.5. The summed E-state index contributed by atoms with van der Waals surface area (Å²) in [6.07, 6.45) is 16.2. The topological polar surface area (TPSA) is 36.5 Å². The molecule has 4 fully saturated rings. The van der Waals surface area contributed by atoms with Gasteiger partial charge in [0.2, 0.25) is 0 Å². The molecule has 0 amide bonds. The molecule has 0 aromatic rings. The van der Waals surface area contributed by atoms with E-state index in [-0.39, 0.29) is 11.3 Å². The molecule has 5 aliphatic rings. The van der Waals surface area contributed by atoms with Gasteiger partial charge < -0.3 is 15.0 Å². The third-order valence-electron chi connectivity index (χ3n) is 11.1. The van der Waals surface area contributed by atoms with E-state index in [0.29, 0.717) is 12.0 Å². The van der Waals surface area contributed by atoms with Crippen molar-refractivity contribution in [3.8, 4) is 0 Å². The van der Waals surface area contributed by atoms with Crippen LogP contribution in [0, 0.1) is 29.6 Å². The fraction of sp³-hybridized carbons (Fsp3) is 0.933. The van der Waals surface area contributed by atoms with Crippen LogP contribution >= 0.6 is 0 Å². The van der Waals surface area contributed by atoms with Crippen LogP contribution in [0.1, 0.15) is 97.8 Å². The highest BCUT2D eigenvalue weighted by Crippen LogP contribution is 2.57. The van der Waals surface area contributed by atoms with Crippen LogP contribution in [0.4, 0.5) is 0 Å². The summed E-state index contributed by atoms with van der Waals surface area (Å²) in [5.74, 6) is 4.19. The van der Waals surface area contributed by atoms with Gasteiger partial charge in [0.1, 0.15) is 0 Å². The number of likely N-dealkylation sites (N-methyl/N-ethyl adjacent to an activating group) is 1. The Balaban J connectivity index is 1.35. The number of nitrogens with zero attached hydrogens (tertiary/aromatic N) is 1. The summed E-state index contributed by atoms with van der Waals surface area (Å²) >= 11 is 0. The number of hydrogen-bond acceptors (Lipinski definition) is 4. The van der Waals surface area contributed by atoms with Gasteiger partial charge in [-0.2, -0.15) is 0 Å². The molecule has 2 saturated carbocycles. The Bertz CT molecular complexity index is 764. The minimum atomic E-state index is -0.0205. The average molecular weight is 472 g/mol. The Hall–Kier alpha value is -0.420. The molecule has 3 aliphatic carbocycles. The quantitative estimate of drug-likeness (QED) is 0.504. The lowest BCUT2D eigenvalue weighted by Crippen LogP contribution is -2.65. The molecule has 2 N–H and O–H groups in total. The van der Waals surface area contributed by atoms with E-state index in [2.05, 4.69) is 57.4 Å². The van der Waals surface area contributed by atoms with Gasteiger partial charge in [-0.15, -0.1) is 0 Å². The maximum absolute atomic E-state index is 7.08. The zero-order chi connectivity index (χ0) is 24.1. The fourth-order valence-electron chi connectivity index (χ4n) is 9.11. The number of ether oxygens (including phenoxy) is 1. The van der Waals surface area contributed by atoms with Crippen molar-refractivity contribution < 1.29 is 4.74 Å². The number of rotatable bonds is 2. The van der Waals surface area contributed by atoms with Gasteiger partial charge in [-0.1, -0.05) is 37.8 Å². The predicted octanol–water partition coefficient (Wildman–Crippen LogP) is 5.73. The summed E-state index contributed by atoms with van der Waals surface area (Å²) in [6, 6.07) is 0.783. The van der Waals surface area contributed by atoms with Gasteiger partial charge in [-0.25, -0.2) is 0 Å². The summed E-state index contributed by atoms with van der Waals surface area (Å²) < 4.78 is 7.08. The molecule has 0 aromatic heterocycles. The minimum Gasteiger partial charge on any atom is -0.368 e. The van der Waals surface area contributed by atoms with E-state index < -0.39 is 0 Å². The van der Waals surface area contributed by atoms with Crippen LogP contribution in [-0.4, -0.2) is 56.0 Å². The van der Waals surface area contributed by atoms with E-state index in [4.69, 9.17) is 4.74 Å². The van der Waals surface area contributed by atoms with Crippen LogP contribution in [0.2, 0.25) is 0 Å². The zero-order valence-electron chi connectivity index (χ0n) is 23.1. The van der Waals surface area contributed by atoms with Crippen molar-refractivity contribution in [2.24, 2.45) is 29.6 Å². The predicted molar refractivity (Wildman–Crippen MR) is 142 cm³/mol. The van der Waals surface area contributed by atoms with Crippen molar-refractivity contribution in [1.82, 2.24) is 15.5 Å². The van der Waals surface area contributed by atoms with Crippen LogP contribution in [0.5, 0.6) is 0 Å². The number of nitrogens with one attached hydrogen (secondary N) is 2. The molecule has 4 heteroatoms. The molecular weight excluding hydrogens is 418 g/mol. The van der Waals surface area contributed by atoms with Crippen LogP contribution in [0.3, 0.4) is 0 Å². The van der Waals surface area contributed by atoms with Crippen molar-refractivity contribution >= 4 is 0 Å². The number of fused-ring (bicyclic) bond motifs is 4. The van der Waals surface area contributed by atoms with E-state index in [1.54, 1.807) is 5.57 Å². The third-order valence-corrected chi connectivity index (χ3v) is 11.1. The molecule has 1 spiro atoms. The fourth-order valence-corrected chi connectivity index (χ4v) is 9.11. The lowest BCUT2D eigenvalue weighted by Gasteiger charge is -2.41. The standard InChI is InChI=1S/C30H53N3O/c1-20-15-28-30(31-4,32-18-20)19-29(34-28)14-13-25-24-10-8-7-9-23(33(5)6)12-11-21(2)26(24)16-27(25)22(3)17-29/h20-21,23-26,28,31-32H,7-19H2,1-6H3. The van der Waals surface area contributed by atoms with Gasteiger partial charge in [0, 0.05) is 12.5 Å². The summed E-state index contributed by atoms with van der Waals surface area (Å²) in [5.41, 5.74) is 3.57. The molecule has 9 unspecified atom stereocenters. The molecule has 4 nitrogen and oxygen atoms in total. The molecule has 9 atom stereocenters. The van der Waals surface area contributed by atoms with Gasteiger partial charge in [-0.05, 0) is 122 Å². The second kappa shape index (κ2) is 9.80. The minimum absolute atomic E-state index is 0.0205. The molecule has 194 valence electrons. The van der Waals surface area contributed by atoms with E-state index in [0.717, 1.165) is 49.1 Å². The van der Waals surface area contributed by atoms with Crippen molar-refractivity contribution in [3.63, 3.8) is 0 Å². The van der Waals surface area contributed by atoms with Crippen LogP contribution in [-0.2, 0) is 4.74 Å². The van der Waals surface area contributed by atoms with Crippen LogP contribution in [0.25, 0.3) is 0 Å². The largest absolute Gasteiger partial charge is 0.368 e. The van der Waals surface area contributed by atoms with Gasteiger partial charge in [0.25, 0.3) is 0 Å². The number of hydrogen-bond donors (Lipinski definition) is 2. The van der Waals surface area contributed by atoms with Crippen molar-refractivity contribution in [3.05, 3.63) is 11.1 Å². The van der Waals surface area contributed by atoms with Crippen molar-refractivity contribution in [2.45, 2.75) is 121 Å². The maximum atomic E-state index is 7.08. The first kappa shape index (κ1) is 25.2. The van der Waals surface area contributed by atoms with E-state index in [1.807, 2.05) is 5.57 Å². The van der Waals surface area contributed by atoms with Crippen molar-refractivity contribution in [2.75, 3.05) is 27.7 Å². The highest BCUT2D eigenvalue weighted by molar-refractivity contribution is 5.27. The summed E-state index contributed by atoms with van der Waals surface area (Å²) in [5, 5.41) is 7.58. The molecule has 0 aromatic carbocycles. The summed E-state index contributed by atoms with van der Waals surface area (Å²) in [4.78, 5) is 2.49. The smallest absolute Gasteiger partial charge is 0.0982 e. The third kappa shape index (κ3) is 4.55. The second-order valence-electron chi connectivity index (χ2n) is 13.5. The Kier molecular flexibility index (Phi) is 7.27. The summed E-state index contributed by atoms with van der Waals surface area (Å²) in [6.45, 7) is 8.54. The second-order valence-corrected chi connectivity index (χ2v) is 13.5. The molecule has 5 rings (SSSR count). The zero-order valence-corrected chi connectivity index (χ0v) is 23.1. The van der Waals surface area contributed by atoms with Crippen LogP contribution < -0.4 is 10.6 Å². The molecule has 34 heavy (non-hydrogen) atoms. The van der Waals surface area contributed by atoms with Gasteiger partial charge >= 0.3 is 0 Å². The molecule has 2 saturated heterocycles. The molecule has 0 radical (unpaired) electrons. The normalized spacial score (nSPS) is 47.9. The van der Waals surface area contributed by atoms with Gasteiger partial charge in [0.15, 0.2) is 0 Å². The number of piperidine rings is 1. The lowest BCUT2D eigenvalue weighted by molar-refractivity contribution is -0.0715. The summed E-state index contributed by atoms with van der Waals surface area (Å²) in [7, 11) is 6.72. The first-order valence-corrected chi connectivity index (χ1v) is 14.7. The number of allylic oxidation sites excluding steroid dienone is 1. The Labute approximate surface area is 210 Å². The van der Waals surface area contributed by atoms with Crippen molar-refractivity contribution in [1.29, 1.82) is 0 Å². The van der Waals surface area contributed by atoms with E-state index in [9.17, 15) is 0 Å². The SMILES string of the molecule is CNC12CC3(CCC4C(=C(C)C3)CC3C(C)CCC(N(C)C)CCCCC43)OC1CC(C)CN2. The molecule has 0 bridgehead atoms. The Morgan fingerprint density at radius 2 is 1.82 bits per heavy atom. The van der Waals surface area contributed by atoms with Crippen LogP contribution in [0.15, 0.2) is 11.1 Å². The molecular formula is C30H53N3O. The van der Waals surface area contributed by atoms with Gasteiger partial charge in [-0.3, -0.25) is 5.32 Å². The van der Waals surface area contributed by atoms with E-state index in [1.165, 1.54) is 64.2 Å². The highest BCUT2D eigenvalue weighted by Gasteiger charge is 2.58. The first-order chi connectivity index (χ1) is 16.3. The average Bonchev–Trinajstić information content (AvgIpc) is 3.28. The van der Waals surface area contributed by atoms with E-state index >= 15 is 0 Å². The molecule has 2 aliphatic heterocycles. The lowest BCUT2D eigenvalue weighted by atomic mass is 9.74. The monoisotopic (exact) mass is 471 g/mol. The first-order valence-electron chi connectivity index (χ1n) is 14.7. The molecule has 2 heterocycles. The Morgan fingerprint density at radius 3 is 2.59 bits per heavy atom. The Morgan fingerprint density at radius 1 is 1.03 bits per heavy atom. The van der Waals surface area contributed by atoms with Gasteiger partial charge in [0.05, 0.1) is 17.4 Å².